The number of rotatable bonds is 3. The molecule has 2 heterocycles. The molecule has 1 fully saturated rings. The van der Waals surface area contributed by atoms with Crippen molar-refractivity contribution in [1.82, 2.24) is 9.88 Å². The van der Waals surface area contributed by atoms with E-state index in [2.05, 4.69) is 25.8 Å². The number of likely N-dealkylation sites (tertiary alicyclic amines) is 1. The SMILES string of the molecule is COC(=O)C1CCN(Cc2ccc(Br)cn2)C1. The summed E-state index contributed by atoms with van der Waals surface area (Å²) < 4.78 is 5.74. The van der Waals surface area contributed by atoms with E-state index in [9.17, 15) is 4.79 Å². The summed E-state index contributed by atoms with van der Waals surface area (Å²) in [6, 6.07) is 3.98. The van der Waals surface area contributed by atoms with E-state index in [0.717, 1.165) is 36.2 Å². The summed E-state index contributed by atoms with van der Waals surface area (Å²) in [5, 5.41) is 0. The topological polar surface area (TPSA) is 42.4 Å². The highest BCUT2D eigenvalue weighted by molar-refractivity contribution is 9.10. The van der Waals surface area contributed by atoms with Crippen molar-refractivity contribution < 1.29 is 9.53 Å². The Labute approximate surface area is 109 Å². The summed E-state index contributed by atoms with van der Waals surface area (Å²) in [5.74, 6) is -0.0771. The van der Waals surface area contributed by atoms with Gasteiger partial charge in [-0.15, -0.1) is 0 Å². The van der Waals surface area contributed by atoms with Gasteiger partial charge in [0.1, 0.15) is 0 Å². The zero-order chi connectivity index (χ0) is 12.3. The minimum Gasteiger partial charge on any atom is -0.469 e. The first kappa shape index (κ1) is 12.5. The number of esters is 1. The molecule has 17 heavy (non-hydrogen) atoms. The van der Waals surface area contributed by atoms with Crippen molar-refractivity contribution in [1.29, 1.82) is 0 Å². The summed E-state index contributed by atoms with van der Waals surface area (Å²) >= 11 is 3.36. The van der Waals surface area contributed by atoms with Gasteiger partial charge in [-0.05, 0) is 41.0 Å². The van der Waals surface area contributed by atoms with Crippen LogP contribution in [-0.2, 0) is 16.1 Å². The Morgan fingerprint density at radius 1 is 1.65 bits per heavy atom. The average Bonchev–Trinajstić information content (AvgIpc) is 2.80. The fourth-order valence-corrected chi connectivity index (χ4v) is 2.30. The van der Waals surface area contributed by atoms with E-state index in [1.807, 2.05) is 12.1 Å². The van der Waals surface area contributed by atoms with Crippen molar-refractivity contribution in [3.05, 3.63) is 28.5 Å². The molecular formula is C12H15BrN2O2. The summed E-state index contributed by atoms with van der Waals surface area (Å²) in [6.07, 6.45) is 2.67. The van der Waals surface area contributed by atoms with Crippen LogP contribution in [0.1, 0.15) is 12.1 Å². The van der Waals surface area contributed by atoms with Gasteiger partial charge in [-0.3, -0.25) is 14.7 Å². The molecule has 5 heteroatoms. The Kier molecular flexibility index (Phi) is 4.12. The Morgan fingerprint density at radius 2 is 2.47 bits per heavy atom. The predicted octanol–water partition coefficient (Wildman–Crippen LogP) is 1.84. The Balaban J connectivity index is 1.89. The number of carbonyl (C=O) groups is 1. The molecule has 0 aromatic carbocycles. The molecule has 2 rings (SSSR count). The van der Waals surface area contributed by atoms with Gasteiger partial charge in [-0.2, -0.15) is 0 Å². The van der Waals surface area contributed by atoms with Crippen molar-refractivity contribution in [3.8, 4) is 0 Å². The lowest BCUT2D eigenvalue weighted by molar-refractivity contribution is -0.144. The van der Waals surface area contributed by atoms with Gasteiger partial charge < -0.3 is 4.74 Å². The van der Waals surface area contributed by atoms with Crippen LogP contribution in [0.3, 0.4) is 0 Å². The highest BCUT2D eigenvalue weighted by atomic mass is 79.9. The molecule has 0 amide bonds. The van der Waals surface area contributed by atoms with E-state index in [1.165, 1.54) is 7.11 Å². The molecule has 1 unspecified atom stereocenters. The lowest BCUT2D eigenvalue weighted by Gasteiger charge is -2.14. The smallest absolute Gasteiger partial charge is 0.310 e. The zero-order valence-electron chi connectivity index (χ0n) is 9.73. The minimum atomic E-state index is -0.101. The van der Waals surface area contributed by atoms with Crippen molar-refractivity contribution >= 4 is 21.9 Å². The van der Waals surface area contributed by atoms with Crippen LogP contribution >= 0.6 is 15.9 Å². The fraction of sp³-hybridized carbons (Fsp3) is 0.500. The minimum absolute atomic E-state index is 0.0236. The highest BCUT2D eigenvalue weighted by Gasteiger charge is 2.28. The van der Waals surface area contributed by atoms with Crippen molar-refractivity contribution in [2.24, 2.45) is 5.92 Å². The van der Waals surface area contributed by atoms with Crippen LogP contribution in [0, 0.1) is 5.92 Å². The number of aromatic nitrogens is 1. The Bertz CT molecular complexity index is 394. The predicted molar refractivity (Wildman–Crippen MR) is 67.3 cm³/mol. The maximum Gasteiger partial charge on any atom is 0.310 e. The van der Waals surface area contributed by atoms with Gasteiger partial charge in [0.05, 0.1) is 18.7 Å². The molecule has 1 atom stereocenters. The molecule has 0 bridgehead atoms. The molecule has 0 aliphatic carbocycles. The third kappa shape index (κ3) is 3.26. The number of halogens is 1. The Morgan fingerprint density at radius 3 is 3.12 bits per heavy atom. The van der Waals surface area contributed by atoms with E-state index < -0.39 is 0 Å². The third-order valence-corrected chi connectivity index (χ3v) is 3.45. The van der Waals surface area contributed by atoms with E-state index >= 15 is 0 Å². The van der Waals surface area contributed by atoms with Gasteiger partial charge in [-0.1, -0.05) is 0 Å². The van der Waals surface area contributed by atoms with Crippen LogP contribution in [0.15, 0.2) is 22.8 Å². The first-order valence-electron chi connectivity index (χ1n) is 5.59. The summed E-state index contributed by atoms with van der Waals surface area (Å²) in [6.45, 7) is 2.49. The first-order valence-corrected chi connectivity index (χ1v) is 6.39. The number of hydrogen-bond donors (Lipinski definition) is 0. The Hall–Kier alpha value is -0.940. The first-order chi connectivity index (χ1) is 8.19. The van der Waals surface area contributed by atoms with Gasteiger partial charge in [0.15, 0.2) is 0 Å². The number of hydrogen-bond acceptors (Lipinski definition) is 4. The van der Waals surface area contributed by atoms with Crippen LogP contribution in [0.2, 0.25) is 0 Å². The molecule has 0 saturated carbocycles. The second kappa shape index (κ2) is 5.60. The van der Waals surface area contributed by atoms with Crippen LogP contribution in [0.25, 0.3) is 0 Å². The molecule has 1 aliphatic heterocycles. The lowest BCUT2D eigenvalue weighted by Crippen LogP contribution is -2.24. The standard InChI is InChI=1S/C12H15BrN2O2/c1-17-12(16)9-4-5-15(7-9)8-11-3-2-10(13)6-14-11/h2-3,6,9H,4-5,7-8H2,1H3. The monoisotopic (exact) mass is 298 g/mol. The van der Waals surface area contributed by atoms with Crippen molar-refractivity contribution in [2.75, 3.05) is 20.2 Å². The van der Waals surface area contributed by atoms with E-state index in [1.54, 1.807) is 6.20 Å². The molecule has 4 nitrogen and oxygen atoms in total. The molecule has 92 valence electrons. The van der Waals surface area contributed by atoms with Crippen LogP contribution in [0.4, 0.5) is 0 Å². The van der Waals surface area contributed by atoms with Crippen LogP contribution in [-0.4, -0.2) is 36.1 Å². The van der Waals surface area contributed by atoms with Crippen molar-refractivity contribution in [3.63, 3.8) is 0 Å². The number of pyridine rings is 1. The molecule has 0 N–H and O–H groups in total. The molecule has 0 radical (unpaired) electrons. The largest absolute Gasteiger partial charge is 0.469 e. The van der Waals surface area contributed by atoms with Gasteiger partial charge in [0, 0.05) is 23.8 Å². The number of nitrogens with zero attached hydrogens (tertiary/aromatic N) is 2. The molecule has 0 spiro atoms. The lowest BCUT2D eigenvalue weighted by atomic mass is 10.1. The number of ether oxygens (including phenoxy) is 1. The molecule has 1 aromatic heterocycles. The summed E-state index contributed by atoms with van der Waals surface area (Å²) in [4.78, 5) is 17.9. The maximum absolute atomic E-state index is 11.4. The third-order valence-electron chi connectivity index (χ3n) is 2.98. The molecular weight excluding hydrogens is 284 g/mol. The normalized spacial score (nSPS) is 20.5. The molecule has 1 saturated heterocycles. The average molecular weight is 299 g/mol. The van der Waals surface area contributed by atoms with E-state index in [0.29, 0.717) is 0 Å². The highest BCUT2D eigenvalue weighted by Crippen LogP contribution is 2.19. The summed E-state index contributed by atoms with van der Waals surface area (Å²) in [7, 11) is 1.45. The van der Waals surface area contributed by atoms with Crippen molar-refractivity contribution in [2.45, 2.75) is 13.0 Å². The fourth-order valence-electron chi connectivity index (χ4n) is 2.06. The van der Waals surface area contributed by atoms with Gasteiger partial charge in [0.25, 0.3) is 0 Å². The maximum atomic E-state index is 11.4. The summed E-state index contributed by atoms with van der Waals surface area (Å²) in [5.41, 5.74) is 1.03. The van der Waals surface area contributed by atoms with Crippen LogP contribution in [0.5, 0.6) is 0 Å². The molecule has 1 aromatic rings. The molecule has 1 aliphatic rings. The van der Waals surface area contributed by atoms with Gasteiger partial charge in [0.2, 0.25) is 0 Å². The van der Waals surface area contributed by atoms with Gasteiger partial charge >= 0.3 is 5.97 Å². The van der Waals surface area contributed by atoms with E-state index in [4.69, 9.17) is 4.74 Å². The second-order valence-corrected chi connectivity index (χ2v) is 5.13. The van der Waals surface area contributed by atoms with Gasteiger partial charge in [-0.25, -0.2) is 0 Å². The zero-order valence-corrected chi connectivity index (χ0v) is 11.3. The number of carbonyl (C=O) groups excluding carboxylic acids is 1. The number of methoxy groups -OCH3 is 1. The second-order valence-electron chi connectivity index (χ2n) is 4.21. The van der Waals surface area contributed by atoms with Crippen LogP contribution < -0.4 is 0 Å². The quantitative estimate of drug-likeness (QED) is 0.799. The van der Waals surface area contributed by atoms with E-state index in [-0.39, 0.29) is 11.9 Å².